The normalized spacial score (nSPS) is 21.9. The van der Waals surface area contributed by atoms with E-state index in [2.05, 4.69) is 0 Å². The van der Waals surface area contributed by atoms with Crippen molar-refractivity contribution in [1.29, 1.82) is 0 Å². The van der Waals surface area contributed by atoms with Crippen LogP contribution in [0.4, 0.5) is 0 Å². The van der Waals surface area contributed by atoms with E-state index < -0.39 is 8.60 Å². The molecule has 0 amide bonds. The highest BCUT2D eigenvalue weighted by atomic mass is 31.2. The molecule has 1 aliphatic rings. The van der Waals surface area contributed by atoms with E-state index >= 15 is 0 Å². The van der Waals surface area contributed by atoms with E-state index in [1.807, 2.05) is 0 Å². The second kappa shape index (κ2) is 4.24. The molecule has 0 aromatic rings. The Morgan fingerprint density at radius 3 is 2.20 bits per heavy atom. The van der Waals surface area contributed by atoms with Crippen LogP contribution in [0.2, 0.25) is 0 Å². The smallest absolute Gasteiger partial charge is 0.327 e. The Morgan fingerprint density at radius 2 is 1.70 bits per heavy atom. The van der Waals surface area contributed by atoms with Gasteiger partial charge in [-0.2, -0.15) is 0 Å². The fourth-order valence-electron chi connectivity index (χ4n) is 1.30. The highest BCUT2D eigenvalue weighted by Gasteiger charge is 2.16. The van der Waals surface area contributed by atoms with Crippen LogP contribution in [0.1, 0.15) is 32.1 Å². The van der Waals surface area contributed by atoms with Gasteiger partial charge in [-0.15, -0.1) is 0 Å². The molecule has 3 nitrogen and oxygen atoms in total. The molecule has 0 unspecified atom stereocenters. The predicted molar refractivity (Wildman–Crippen MR) is 39.3 cm³/mol. The quantitative estimate of drug-likeness (QED) is 0.608. The third-order valence-corrected chi connectivity index (χ3v) is 2.28. The van der Waals surface area contributed by atoms with E-state index in [1.165, 1.54) is 6.42 Å². The molecule has 1 aliphatic carbocycles. The maximum Gasteiger partial charge on any atom is 0.327 e. The maximum absolute atomic E-state index is 8.50. The average Bonchev–Trinajstić information content (AvgIpc) is 1.88. The summed E-state index contributed by atoms with van der Waals surface area (Å²) in [5.74, 6) is 0. The Balaban J connectivity index is 2.13. The van der Waals surface area contributed by atoms with Crippen LogP contribution in [0.25, 0.3) is 0 Å². The zero-order valence-corrected chi connectivity index (χ0v) is 6.76. The van der Waals surface area contributed by atoms with Gasteiger partial charge in [-0.25, -0.2) is 0 Å². The molecule has 0 aromatic heterocycles. The van der Waals surface area contributed by atoms with Crippen LogP contribution in [0.15, 0.2) is 0 Å². The molecule has 1 saturated carbocycles. The van der Waals surface area contributed by atoms with Crippen molar-refractivity contribution >= 4 is 8.60 Å². The van der Waals surface area contributed by atoms with Gasteiger partial charge in [0.25, 0.3) is 0 Å². The second-order valence-electron chi connectivity index (χ2n) is 2.62. The first kappa shape index (κ1) is 8.41. The Hall–Kier alpha value is 0.310. The van der Waals surface area contributed by atoms with Crippen molar-refractivity contribution in [1.82, 2.24) is 0 Å². The third kappa shape index (κ3) is 2.93. The first-order valence-corrected chi connectivity index (χ1v) is 4.80. The van der Waals surface area contributed by atoms with Gasteiger partial charge in [0.15, 0.2) is 0 Å². The summed E-state index contributed by atoms with van der Waals surface area (Å²) in [4.78, 5) is 17.0. The van der Waals surface area contributed by atoms with Gasteiger partial charge in [-0.1, -0.05) is 19.3 Å². The van der Waals surface area contributed by atoms with Gasteiger partial charge in [0, 0.05) is 0 Å². The summed E-state index contributed by atoms with van der Waals surface area (Å²) in [6.07, 6.45) is 5.66. The monoisotopic (exact) mass is 164 g/mol. The van der Waals surface area contributed by atoms with Crippen molar-refractivity contribution in [2.75, 3.05) is 0 Å². The summed E-state index contributed by atoms with van der Waals surface area (Å²) in [7, 11) is -2.12. The molecule has 0 bridgehead atoms. The highest BCUT2D eigenvalue weighted by Crippen LogP contribution is 2.32. The minimum absolute atomic E-state index is 0.106. The van der Waals surface area contributed by atoms with Crippen LogP contribution in [0.3, 0.4) is 0 Å². The van der Waals surface area contributed by atoms with Gasteiger partial charge in [-0.05, 0) is 12.8 Å². The Bertz CT molecular complexity index is 91.0. The van der Waals surface area contributed by atoms with Crippen molar-refractivity contribution in [2.24, 2.45) is 0 Å². The summed E-state index contributed by atoms with van der Waals surface area (Å²) in [5.41, 5.74) is 0. The topological polar surface area (TPSA) is 49.7 Å². The van der Waals surface area contributed by atoms with Crippen molar-refractivity contribution in [3.8, 4) is 0 Å². The van der Waals surface area contributed by atoms with Gasteiger partial charge in [0.2, 0.25) is 0 Å². The summed E-state index contributed by atoms with van der Waals surface area (Å²) in [5, 5.41) is 0. The van der Waals surface area contributed by atoms with Gasteiger partial charge < -0.3 is 14.3 Å². The average molecular weight is 164 g/mol. The molecular weight excluding hydrogens is 151 g/mol. The molecular formula is C6H13O3P. The standard InChI is InChI=1S/C6H13O3P/c7-10(8)9-6-4-2-1-3-5-6/h6-8H,1-5H2. The van der Waals surface area contributed by atoms with E-state index in [-0.39, 0.29) is 6.10 Å². The molecule has 0 saturated heterocycles. The van der Waals surface area contributed by atoms with Crippen molar-refractivity contribution in [3.63, 3.8) is 0 Å². The lowest BCUT2D eigenvalue weighted by Crippen LogP contribution is -2.13. The molecule has 1 fully saturated rings. The van der Waals surface area contributed by atoms with Crippen molar-refractivity contribution < 1.29 is 14.3 Å². The molecule has 0 aliphatic heterocycles. The van der Waals surface area contributed by atoms with Crippen LogP contribution in [0.5, 0.6) is 0 Å². The number of rotatable bonds is 2. The summed E-state index contributed by atoms with van der Waals surface area (Å²) >= 11 is 0. The van der Waals surface area contributed by atoms with Crippen molar-refractivity contribution in [3.05, 3.63) is 0 Å². The Morgan fingerprint density at radius 1 is 1.10 bits per heavy atom. The lowest BCUT2D eigenvalue weighted by molar-refractivity contribution is 0.133. The van der Waals surface area contributed by atoms with E-state index in [9.17, 15) is 0 Å². The fraction of sp³-hybridized carbons (Fsp3) is 1.00. The molecule has 0 atom stereocenters. The Kier molecular flexibility index (Phi) is 3.57. The molecule has 10 heavy (non-hydrogen) atoms. The van der Waals surface area contributed by atoms with Gasteiger partial charge in [0.1, 0.15) is 0 Å². The molecule has 0 radical (unpaired) electrons. The highest BCUT2D eigenvalue weighted by molar-refractivity contribution is 7.39. The maximum atomic E-state index is 8.50. The molecule has 0 spiro atoms. The van der Waals surface area contributed by atoms with Crippen LogP contribution in [-0.4, -0.2) is 15.9 Å². The summed E-state index contributed by atoms with van der Waals surface area (Å²) in [6, 6.07) is 0. The van der Waals surface area contributed by atoms with Crippen LogP contribution in [0, 0.1) is 0 Å². The minimum atomic E-state index is -2.12. The first-order chi connectivity index (χ1) is 4.79. The predicted octanol–water partition coefficient (Wildman–Crippen LogP) is 1.55. The number of hydrogen-bond donors (Lipinski definition) is 2. The molecule has 4 heteroatoms. The SMILES string of the molecule is OP(O)OC1CCCCC1. The molecule has 1 rings (SSSR count). The van der Waals surface area contributed by atoms with Gasteiger partial charge in [-0.3, -0.25) is 0 Å². The summed E-state index contributed by atoms with van der Waals surface area (Å²) in [6.45, 7) is 0. The van der Waals surface area contributed by atoms with Gasteiger partial charge >= 0.3 is 8.60 Å². The van der Waals surface area contributed by atoms with E-state index in [1.54, 1.807) is 0 Å². The first-order valence-electron chi connectivity index (χ1n) is 3.63. The molecule has 0 heterocycles. The third-order valence-electron chi connectivity index (χ3n) is 1.80. The van der Waals surface area contributed by atoms with E-state index in [0.29, 0.717) is 0 Å². The molecule has 0 aromatic carbocycles. The zero-order chi connectivity index (χ0) is 7.40. The Labute approximate surface area is 62.0 Å². The largest absolute Gasteiger partial charge is 0.328 e. The lowest BCUT2D eigenvalue weighted by Gasteiger charge is -2.21. The minimum Gasteiger partial charge on any atom is -0.328 e. The lowest BCUT2D eigenvalue weighted by atomic mass is 9.98. The summed E-state index contributed by atoms with van der Waals surface area (Å²) < 4.78 is 4.87. The van der Waals surface area contributed by atoms with E-state index in [0.717, 1.165) is 25.7 Å². The second-order valence-corrected chi connectivity index (χ2v) is 3.33. The van der Waals surface area contributed by atoms with Gasteiger partial charge in [0.05, 0.1) is 6.10 Å². The zero-order valence-electron chi connectivity index (χ0n) is 5.86. The molecule has 60 valence electrons. The fourth-order valence-corrected chi connectivity index (χ4v) is 1.78. The van der Waals surface area contributed by atoms with Crippen molar-refractivity contribution in [2.45, 2.75) is 38.2 Å². The van der Waals surface area contributed by atoms with Crippen LogP contribution < -0.4 is 0 Å². The van der Waals surface area contributed by atoms with E-state index in [4.69, 9.17) is 14.3 Å². The van der Waals surface area contributed by atoms with Crippen LogP contribution >= 0.6 is 8.60 Å². The van der Waals surface area contributed by atoms with Crippen LogP contribution in [-0.2, 0) is 4.52 Å². The number of hydrogen-bond acceptors (Lipinski definition) is 3. The molecule has 2 N–H and O–H groups in total.